The van der Waals surface area contributed by atoms with E-state index in [2.05, 4.69) is 49.5 Å². The summed E-state index contributed by atoms with van der Waals surface area (Å²) >= 11 is 5.84. The van der Waals surface area contributed by atoms with E-state index < -0.39 is 5.82 Å². The highest BCUT2D eigenvalue weighted by molar-refractivity contribution is 6.30. The number of fused-ring (bicyclic) bond motifs is 1. The van der Waals surface area contributed by atoms with E-state index in [1.54, 1.807) is 18.3 Å². The fraction of sp³-hybridized carbons (Fsp3) is 0.393. The summed E-state index contributed by atoms with van der Waals surface area (Å²) < 4.78 is 27.9. The quantitative estimate of drug-likeness (QED) is 0.323. The van der Waals surface area contributed by atoms with Crippen molar-refractivity contribution in [1.29, 1.82) is 0 Å². The Labute approximate surface area is 226 Å². The number of rotatable bonds is 8. The van der Waals surface area contributed by atoms with Gasteiger partial charge in [-0.25, -0.2) is 14.4 Å². The first-order chi connectivity index (χ1) is 18.5. The Bertz CT molecular complexity index is 1430. The van der Waals surface area contributed by atoms with Crippen molar-refractivity contribution in [2.45, 2.75) is 45.2 Å². The first-order valence-electron chi connectivity index (χ1n) is 13.0. The van der Waals surface area contributed by atoms with Gasteiger partial charge in [-0.2, -0.15) is 4.98 Å². The maximum atomic E-state index is 14.1. The van der Waals surface area contributed by atoms with Crippen LogP contribution in [0.25, 0.3) is 11.0 Å². The Kier molecular flexibility index (Phi) is 7.14. The number of benzene rings is 2. The van der Waals surface area contributed by atoms with Crippen molar-refractivity contribution in [3.63, 3.8) is 0 Å². The third-order valence-electron chi connectivity index (χ3n) is 7.34. The van der Waals surface area contributed by atoms with Gasteiger partial charge in [-0.1, -0.05) is 29.8 Å². The molecule has 2 aromatic carbocycles. The molecule has 6 rings (SSSR count). The lowest BCUT2D eigenvalue weighted by molar-refractivity contribution is -0.0592. The van der Waals surface area contributed by atoms with Crippen LogP contribution in [0.1, 0.15) is 24.7 Å². The minimum Gasteiger partial charge on any atom is -0.458 e. The zero-order chi connectivity index (χ0) is 26.1. The van der Waals surface area contributed by atoms with Crippen molar-refractivity contribution < 1.29 is 13.9 Å². The number of hydrogen-bond acceptors (Lipinski definition) is 7. The monoisotopic (exact) mass is 536 g/mol. The molecule has 2 aliphatic heterocycles. The average molecular weight is 537 g/mol. The lowest BCUT2D eigenvalue weighted by Gasteiger charge is -2.40. The summed E-state index contributed by atoms with van der Waals surface area (Å²) in [5.41, 5.74) is 2.59. The molecular formula is C28H30ClFN6O2. The molecule has 0 radical (unpaired) electrons. The number of ether oxygens (including phenoxy) is 2. The van der Waals surface area contributed by atoms with E-state index in [1.807, 2.05) is 12.1 Å². The highest BCUT2D eigenvalue weighted by Gasteiger charge is 2.28. The molecule has 0 amide bonds. The van der Waals surface area contributed by atoms with Crippen LogP contribution < -0.4 is 9.64 Å². The van der Waals surface area contributed by atoms with Gasteiger partial charge in [0, 0.05) is 49.1 Å². The van der Waals surface area contributed by atoms with Crippen molar-refractivity contribution >= 4 is 28.5 Å². The smallest absolute Gasteiger partial charge is 0.318 e. The first-order valence-corrected chi connectivity index (χ1v) is 13.4. The highest BCUT2D eigenvalue weighted by atomic mass is 35.5. The third-order valence-corrected chi connectivity index (χ3v) is 7.57. The molecule has 0 N–H and O–H groups in total. The number of imidazole rings is 1. The minimum atomic E-state index is -0.410. The van der Waals surface area contributed by atoms with Crippen LogP contribution in [0.2, 0.25) is 5.02 Å². The molecule has 0 saturated carbocycles. The fourth-order valence-corrected chi connectivity index (χ4v) is 5.22. The molecule has 8 nitrogen and oxygen atoms in total. The van der Waals surface area contributed by atoms with Crippen LogP contribution in [0.3, 0.4) is 0 Å². The molecule has 38 heavy (non-hydrogen) atoms. The van der Waals surface area contributed by atoms with Gasteiger partial charge in [0.15, 0.2) is 0 Å². The molecule has 4 heterocycles. The van der Waals surface area contributed by atoms with E-state index in [-0.39, 0.29) is 18.7 Å². The Hall–Kier alpha value is -3.27. The number of nitrogens with zero attached hydrogens (tertiary/aromatic N) is 6. The molecule has 0 bridgehead atoms. The summed E-state index contributed by atoms with van der Waals surface area (Å²) in [5.74, 6) is 1.47. The van der Waals surface area contributed by atoms with Crippen LogP contribution >= 0.6 is 11.6 Å². The van der Waals surface area contributed by atoms with Crippen LogP contribution in [-0.4, -0.2) is 62.8 Å². The van der Waals surface area contributed by atoms with Gasteiger partial charge >= 0.3 is 6.01 Å². The van der Waals surface area contributed by atoms with E-state index in [1.165, 1.54) is 6.07 Å². The van der Waals surface area contributed by atoms with Crippen molar-refractivity contribution in [3.8, 4) is 6.01 Å². The summed E-state index contributed by atoms with van der Waals surface area (Å²) in [6.45, 7) is 7.24. The first kappa shape index (κ1) is 25.0. The molecule has 2 atom stereocenters. The van der Waals surface area contributed by atoms with Crippen LogP contribution in [-0.2, 0) is 24.4 Å². The Morgan fingerprint density at radius 2 is 2.00 bits per heavy atom. The second-order valence-electron chi connectivity index (χ2n) is 9.90. The largest absolute Gasteiger partial charge is 0.458 e. The molecule has 198 valence electrons. The molecule has 2 aliphatic rings. The molecule has 4 aromatic rings. The van der Waals surface area contributed by atoms with Gasteiger partial charge in [-0.3, -0.25) is 4.90 Å². The number of anilines is 1. The topological polar surface area (TPSA) is 68.5 Å². The lowest BCUT2D eigenvalue weighted by Crippen LogP contribution is -2.52. The van der Waals surface area contributed by atoms with Crippen molar-refractivity contribution in [3.05, 3.63) is 77.0 Å². The normalized spacial score (nSPS) is 20.0. The second-order valence-corrected chi connectivity index (χ2v) is 10.3. The number of hydrogen-bond donors (Lipinski definition) is 0. The number of piperazine rings is 1. The van der Waals surface area contributed by atoms with Gasteiger partial charge in [0.1, 0.15) is 24.1 Å². The highest BCUT2D eigenvalue weighted by Crippen LogP contribution is 2.25. The second kappa shape index (κ2) is 10.8. The Morgan fingerprint density at radius 1 is 1.13 bits per heavy atom. The lowest BCUT2D eigenvalue weighted by atomic mass is 10.1. The summed E-state index contributed by atoms with van der Waals surface area (Å²) in [7, 11) is 0. The van der Waals surface area contributed by atoms with E-state index in [0.29, 0.717) is 16.6 Å². The Morgan fingerprint density at radius 3 is 2.79 bits per heavy atom. The van der Waals surface area contributed by atoms with Crippen molar-refractivity contribution in [1.82, 2.24) is 24.4 Å². The maximum Gasteiger partial charge on any atom is 0.318 e. The molecule has 2 saturated heterocycles. The van der Waals surface area contributed by atoms with E-state index in [9.17, 15) is 4.39 Å². The summed E-state index contributed by atoms with van der Waals surface area (Å²) in [6.07, 6.45) is 3.05. The summed E-state index contributed by atoms with van der Waals surface area (Å²) in [6, 6.07) is 15.2. The molecule has 2 aromatic heterocycles. The predicted molar refractivity (Wildman–Crippen MR) is 144 cm³/mol. The van der Waals surface area contributed by atoms with Gasteiger partial charge in [0.25, 0.3) is 0 Å². The van der Waals surface area contributed by atoms with Crippen LogP contribution in [0.4, 0.5) is 10.2 Å². The van der Waals surface area contributed by atoms with Crippen molar-refractivity contribution in [2.75, 3.05) is 31.1 Å². The number of halogens is 2. The average Bonchev–Trinajstić information content (AvgIpc) is 3.24. The zero-order valence-electron chi connectivity index (χ0n) is 21.3. The minimum absolute atomic E-state index is 0.0313. The molecule has 0 aliphatic carbocycles. The zero-order valence-corrected chi connectivity index (χ0v) is 22.0. The van der Waals surface area contributed by atoms with Crippen LogP contribution in [0, 0.1) is 5.82 Å². The SMILES string of the molecule is C[C@H]1CN(c2ccnc(OCc3ccc(Cl)cc3F)n2)CCN1Cc1nc2ccccc2n1C[C@@H]1CCO1. The molecular weight excluding hydrogens is 507 g/mol. The molecule has 2 fully saturated rings. The molecule has 0 unspecified atom stereocenters. The fourth-order valence-electron chi connectivity index (χ4n) is 5.06. The van der Waals surface area contributed by atoms with Gasteiger partial charge < -0.3 is 18.9 Å². The standard InChI is InChI=1S/C28H30ClFN6O2/c1-19-15-35(26-8-10-31-28(33-26)38-18-20-6-7-21(29)14-23(20)30)12-11-34(19)17-27-32-24-4-2-3-5-25(24)36(27)16-22-9-13-37-22/h2-8,10,14,19,22H,9,11-13,15-18H2,1H3/t19-,22-/m0/s1. The Balaban J connectivity index is 1.11. The van der Waals surface area contributed by atoms with Gasteiger partial charge in [-0.15, -0.1) is 0 Å². The van der Waals surface area contributed by atoms with E-state index in [4.69, 9.17) is 26.1 Å². The van der Waals surface area contributed by atoms with E-state index >= 15 is 0 Å². The maximum absolute atomic E-state index is 14.1. The summed E-state index contributed by atoms with van der Waals surface area (Å²) in [5, 5.41) is 0.349. The molecule has 10 heteroatoms. The number of para-hydroxylation sites is 2. The summed E-state index contributed by atoms with van der Waals surface area (Å²) in [4.78, 5) is 18.5. The van der Waals surface area contributed by atoms with Crippen LogP contribution in [0.5, 0.6) is 6.01 Å². The van der Waals surface area contributed by atoms with E-state index in [0.717, 1.165) is 68.4 Å². The van der Waals surface area contributed by atoms with Gasteiger partial charge in [0.2, 0.25) is 0 Å². The predicted octanol–water partition coefficient (Wildman–Crippen LogP) is 4.70. The van der Waals surface area contributed by atoms with Gasteiger partial charge in [0.05, 0.1) is 30.2 Å². The number of aromatic nitrogens is 4. The molecule has 0 spiro atoms. The third kappa shape index (κ3) is 5.32. The van der Waals surface area contributed by atoms with Crippen molar-refractivity contribution in [2.24, 2.45) is 0 Å². The van der Waals surface area contributed by atoms with Crippen LogP contribution in [0.15, 0.2) is 54.7 Å². The van der Waals surface area contributed by atoms with Gasteiger partial charge in [-0.05, 0) is 43.7 Å².